The summed E-state index contributed by atoms with van der Waals surface area (Å²) in [6.45, 7) is 1.16. The maximum Gasteiger partial charge on any atom is 0.244 e. The van der Waals surface area contributed by atoms with Gasteiger partial charge in [0.2, 0.25) is 11.8 Å². The lowest BCUT2D eigenvalue weighted by Gasteiger charge is -2.21. The van der Waals surface area contributed by atoms with Gasteiger partial charge in [-0.1, -0.05) is 18.2 Å². The van der Waals surface area contributed by atoms with Crippen molar-refractivity contribution in [2.24, 2.45) is 0 Å². The molecule has 0 bridgehead atoms. The van der Waals surface area contributed by atoms with E-state index < -0.39 is 11.7 Å². The Labute approximate surface area is 151 Å². The fourth-order valence-electron chi connectivity index (χ4n) is 2.40. The monoisotopic (exact) mass is 360 g/mol. The number of benzene rings is 2. The molecule has 26 heavy (non-hydrogen) atoms. The van der Waals surface area contributed by atoms with E-state index in [9.17, 15) is 14.0 Å². The molecule has 0 radical (unpaired) electrons. The van der Waals surface area contributed by atoms with Gasteiger partial charge in [-0.3, -0.25) is 9.59 Å². The number of methoxy groups -OCH3 is 2. The number of amides is 2. The van der Waals surface area contributed by atoms with Crippen LogP contribution < -0.4 is 14.8 Å². The van der Waals surface area contributed by atoms with Crippen LogP contribution in [0.2, 0.25) is 0 Å². The normalized spacial score (nSPS) is 10.2. The molecule has 2 amide bonds. The molecule has 0 aliphatic carbocycles. The SMILES string of the molecule is COc1ccc(NC(=O)CN(Cc2ccccc2F)C(C)=O)cc1OC. The maximum atomic E-state index is 13.8. The first kappa shape index (κ1) is 19.2. The van der Waals surface area contributed by atoms with Gasteiger partial charge >= 0.3 is 0 Å². The van der Waals surface area contributed by atoms with Crippen LogP contribution in [-0.2, 0) is 16.1 Å². The van der Waals surface area contributed by atoms with Crippen LogP contribution >= 0.6 is 0 Å². The molecule has 2 aromatic carbocycles. The Morgan fingerprint density at radius 3 is 2.38 bits per heavy atom. The molecule has 1 N–H and O–H groups in total. The average Bonchev–Trinajstić information content (AvgIpc) is 2.62. The van der Waals surface area contributed by atoms with Gasteiger partial charge in [0.05, 0.1) is 14.2 Å². The van der Waals surface area contributed by atoms with Gasteiger partial charge in [0.15, 0.2) is 11.5 Å². The molecule has 2 aromatic rings. The zero-order chi connectivity index (χ0) is 19.1. The Hall–Kier alpha value is -3.09. The minimum atomic E-state index is -0.418. The van der Waals surface area contributed by atoms with Crippen molar-refractivity contribution >= 4 is 17.5 Å². The van der Waals surface area contributed by atoms with Crippen molar-refractivity contribution in [1.82, 2.24) is 4.90 Å². The molecular formula is C19H21FN2O4. The van der Waals surface area contributed by atoms with E-state index in [2.05, 4.69) is 5.32 Å². The molecule has 0 spiro atoms. The summed E-state index contributed by atoms with van der Waals surface area (Å²) >= 11 is 0. The number of halogens is 1. The molecule has 0 aliphatic heterocycles. The van der Waals surface area contributed by atoms with Crippen LogP contribution in [0.5, 0.6) is 11.5 Å². The van der Waals surface area contributed by atoms with E-state index in [4.69, 9.17) is 9.47 Å². The van der Waals surface area contributed by atoms with Gasteiger partial charge in [0, 0.05) is 30.8 Å². The highest BCUT2D eigenvalue weighted by atomic mass is 19.1. The smallest absolute Gasteiger partial charge is 0.244 e. The van der Waals surface area contributed by atoms with Crippen molar-refractivity contribution in [2.45, 2.75) is 13.5 Å². The number of nitrogens with one attached hydrogen (secondary N) is 1. The van der Waals surface area contributed by atoms with Gasteiger partial charge < -0.3 is 19.7 Å². The van der Waals surface area contributed by atoms with E-state index in [-0.39, 0.29) is 19.0 Å². The van der Waals surface area contributed by atoms with Crippen molar-refractivity contribution in [1.29, 1.82) is 0 Å². The van der Waals surface area contributed by atoms with Crippen molar-refractivity contribution in [3.63, 3.8) is 0 Å². The minimum absolute atomic E-state index is 0.0152. The van der Waals surface area contributed by atoms with Crippen LogP contribution in [0.3, 0.4) is 0 Å². The molecule has 0 atom stereocenters. The summed E-state index contributed by atoms with van der Waals surface area (Å²) in [5.41, 5.74) is 0.851. The van der Waals surface area contributed by atoms with E-state index in [0.717, 1.165) is 0 Å². The first-order chi connectivity index (χ1) is 12.4. The Bertz CT molecular complexity index is 795. The summed E-state index contributed by atoms with van der Waals surface area (Å²) in [5.74, 6) is -0.131. The largest absolute Gasteiger partial charge is 0.493 e. The summed E-state index contributed by atoms with van der Waals surface area (Å²) in [5, 5.41) is 2.69. The second-order valence-electron chi connectivity index (χ2n) is 5.58. The quantitative estimate of drug-likeness (QED) is 0.824. The van der Waals surface area contributed by atoms with Crippen molar-refractivity contribution in [3.05, 3.63) is 53.8 Å². The zero-order valence-corrected chi connectivity index (χ0v) is 14.9. The summed E-state index contributed by atoms with van der Waals surface area (Å²) < 4.78 is 24.1. The third-order valence-electron chi connectivity index (χ3n) is 3.77. The van der Waals surface area contributed by atoms with Crippen LogP contribution in [0, 0.1) is 5.82 Å². The maximum absolute atomic E-state index is 13.8. The predicted octanol–water partition coefficient (Wildman–Crippen LogP) is 2.83. The Morgan fingerprint density at radius 1 is 1.08 bits per heavy atom. The van der Waals surface area contributed by atoms with Gasteiger partial charge in [-0.15, -0.1) is 0 Å². The van der Waals surface area contributed by atoms with Crippen molar-refractivity contribution in [3.8, 4) is 11.5 Å². The second-order valence-corrected chi connectivity index (χ2v) is 5.58. The van der Waals surface area contributed by atoms with E-state index in [1.165, 1.54) is 32.1 Å². The third-order valence-corrected chi connectivity index (χ3v) is 3.77. The Morgan fingerprint density at radius 2 is 1.77 bits per heavy atom. The highest BCUT2D eigenvalue weighted by Crippen LogP contribution is 2.29. The summed E-state index contributed by atoms with van der Waals surface area (Å²) in [4.78, 5) is 25.4. The molecule has 138 valence electrons. The average molecular weight is 360 g/mol. The zero-order valence-electron chi connectivity index (χ0n) is 14.9. The minimum Gasteiger partial charge on any atom is -0.493 e. The first-order valence-electron chi connectivity index (χ1n) is 7.95. The van der Waals surface area contributed by atoms with Crippen LogP contribution in [0.4, 0.5) is 10.1 Å². The molecule has 2 rings (SSSR count). The van der Waals surface area contributed by atoms with E-state index >= 15 is 0 Å². The first-order valence-corrected chi connectivity index (χ1v) is 7.95. The third kappa shape index (κ3) is 4.95. The molecule has 0 aliphatic rings. The number of hydrogen-bond acceptors (Lipinski definition) is 4. The fourth-order valence-corrected chi connectivity index (χ4v) is 2.40. The number of hydrogen-bond donors (Lipinski definition) is 1. The van der Waals surface area contributed by atoms with Crippen LogP contribution in [0.25, 0.3) is 0 Å². The summed E-state index contributed by atoms with van der Waals surface area (Å²) in [6, 6.07) is 11.1. The van der Waals surface area contributed by atoms with E-state index in [0.29, 0.717) is 22.7 Å². The molecule has 0 heterocycles. The second kappa shape index (κ2) is 8.84. The number of rotatable bonds is 7. The van der Waals surface area contributed by atoms with E-state index in [1.807, 2.05) is 0 Å². The lowest BCUT2D eigenvalue weighted by Crippen LogP contribution is -2.36. The van der Waals surface area contributed by atoms with Gasteiger partial charge in [-0.25, -0.2) is 4.39 Å². The van der Waals surface area contributed by atoms with Gasteiger partial charge in [0.1, 0.15) is 12.4 Å². The van der Waals surface area contributed by atoms with Gasteiger partial charge in [0.25, 0.3) is 0 Å². The topological polar surface area (TPSA) is 67.9 Å². The highest BCUT2D eigenvalue weighted by molar-refractivity contribution is 5.94. The van der Waals surface area contributed by atoms with E-state index in [1.54, 1.807) is 36.4 Å². The number of ether oxygens (including phenoxy) is 2. The predicted molar refractivity (Wildman–Crippen MR) is 95.7 cm³/mol. The summed E-state index contributed by atoms with van der Waals surface area (Å²) in [7, 11) is 3.01. The molecule has 0 saturated carbocycles. The lowest BCUT2D eigenvalue weighted by molar-refractivity contribution is -0.133. The molecule has 0 unspecified atom stereocenters. The summed E-state index contributed by atoms with van der Waals surface area (Å²) in [6.07, 6.45) is 0. The van der Waals surface area contributed by atoms with Crippen LogP contribution in [0.1, 0.15) is 12.5 Å². The van der Waals surface area contributed by atoms with Gasteiger partial charge in [-0.2, -0.15) is 0 Å². The standard InChI is InChI=1S/C19H21FN2O4/c1-13(23)22(11-14-6-4-5-7-16(14)20)12-19(24)21-15-8-9-17(25-2)18(10-15)26-3/h4-10H,11-12H2,1-3H3,(H,21,24). The molecule has 0 saturated heterocycles. The number of nitrogens with zero attached hydrogens (tertiary/aromatic N) is 1. The lowest BCUT2D eigenvalue weighted by atomic mass is 10.2. The van der Waals surface area contributed by atoms with Crippen molar-refractivity contribution < 1.29 is 23.5 Å². The Balaban J connectivity index is 2.06. The molecule has 7 heteroatoms. The highest BCUT2D eigenvalue weighted by Gasteiger charge is 2.16. The fraction of sp³-hybridized carbons (Fsp3) is 0.263. The number of carbonyl (C=O) groups excluding carboxylic acids is 2. The van der Waals surface area contributed by atoms with Crippen LogP contribution in [-0.4, -0.2) is 37.5 Å². The molecular weight excluding hydrogens is 339 g/mol. The molecule has 0 aromatic heterocycles. The van der Waals surface area contributed by atoms with Gasteiger partial charge in [-0.05, 0) is 18.2 Å². The molecule has 0 fully saturated rings. The van der Waals surface area contributed by atoms with Crippen molar-refractivity contribution in [2.75, 3.05) is 26.1 Å². The number of anilines is 1. The number of carbonyl (C=O) groups is 2. The van der Waals surface area contributed by atoms with Crippen LogP contribution in [0.15, 0.2) is 42.5 Å². The Kier molecular flexibility index (Phi) is 6.54. The molecule has 6 nitrogen and oxygen atoms in total.